The molecule has 0 saturated heterocycles. The first-order valence-electron chi connectivity index (χ1n) is 18.4. The topological polar surface area (TPSA) is 3.24 Å². The average molecular weight is 706 g/mol. The standard InChI is InChI=1S/C52H35NS/c1-4-13-36(14-5-1)37-23-27-42(28-24-37)53(44-31-32-46(38-15-6-2-7-16-38)48(34-44)39-17-8-3-9-18-39)43-29-25-40(26-30-43)45-21-12-19-41-33-52-50(35-49(41)45)47-20-10-11-22-51(47)54-52/h1-35H. The minimum atomic E-state index is 1.10. The van der Waals surface area contributed by atoms with Crippen LogP contribution >= 0.6 is 11.3 Å². The Labute approximate surface area is 319 Å². The normalized spacial score (nSPS) is 11.3. The molecule has 10 rings (SSSR count). The smallest absolute Gasteiger partial charge is 0.0468 e. The third-order valence-electron chi connectivity index (χ3n) is 10.5. The van der Waals surface area contributed by atoms with E-state index in [9.17, 15) is 0 Å². The summed E-state index contributed by atoms with van der Waals surface area (Å²) in [5, 5.41) is 5.19. The van der Waals surface area contributed by atoms with Crippen LogP contribution in [0.1, 0.15) is 0 Å². The second kappa shape index (κ2) is 13.7. The van der Waals surface area contributed by atoms with E-state index in [0.29, 0.717) is 0 Å². The van der Waals surface area contributed by atoms with Crippen LogP contribution in [0.2, 0.25) is 0 Å². The van der Waals surface area contributed by atoms with Gasteiger partial charge in [0.2, 0.25) is 0 Å². The van der Waals surface area contributed by atoms with E-state index in [0.717, 1.165) is 17.1 Å². The Bertz CT molecular complexity index is 2890. The van der Waals surface area contributed by atoms with Crippen LogP contribution in [-0.2, 0) is 0 Å². The third kappa shape index (κ3) is 5.84. The van der Waals surface area contributed by atoms with Gasteiger partial charge < -0.3 is 4.90 Å². The highest BCUT2D eigenvalue weighted by molar-refractivity contribution is 7.25. The van der Waals surface area contributed by atoms with Crippen LogP contribution in [0.4, 0.5) is 17.1 Å². The molecule has 0 atom stereocenters. The van der Waals surface area contributed by atoms with Crippen LogP contribution in [0, 0.1) is 0 Å². The van der Waals surface area contributed by atoms with E-state index in [1.165, 1.54) is 75.5 Å². The minimum absolute atomic E-state index is 1.10. The van der Waals surface area contributed by atoms with Gasteiger partial charge in [-0.25, -0.2) is 0 Å². The van der Waals surface area contributed by atoms with Crippen LogP contribution in [0.15, 0.2) is 212 Å². The quantitative estimate of drug-likeness (QED) is 0.160. The highest BCUT2D eigenvalue weighted by Gasteiger charge is 2.18. The molecule has 0 spiro atoms. The van der Waals surface area contributed by atoms with E-state index < -0.39 is 0 Å². The number of rotatable bonds is 7. The second-order valence-electron chi connectivity index (χ2n) is 13.7. The van der Waals surface area contributed by atoms with Crippen molar-refractivity contribution in [1.82, 2.24) is 0 Å². The van der Waals surface area contributed by atoms with E-state index in [1.54, 1.807) is 0 Å². The predicted molar refractivity (Wildman–Crippen MR) is 233 cm³/mol. The van der Waals surface area contributed by atoms with Crippen LogP contribution < -0.4 is 4.90 Å². The Hall–Kier alpha value is -6.74. The third-order valence-corrected chi connectivity index (χ3v) is 11.6. The molecule has 10 aromatic rings. The fourth-order valence-electron chi connectivity index (χ4n) is 7.82. The monoisotopic (exact) mass is 705 g/mol. The van der Waals surface area contributed by atoms with Gasteiger partial charge in [0.05, 0.1) is 0 Å². The van der Waals surface area contributed by atoms with Crippen molar-refractivity contribution in [1.29, 1.82) is 0 Å². The molecule has 0 bridgehead atoms. The molecule has 1 aromatic heterocycles. The number of benzene rings is 9. The highest BCUT2D eigenvalue weighted by atomic mass is 32.1. The first-order chi connectivity index (χ1) is 26.8. The van der Waals surface area contributed by atoms with Crippen molar-refractivity contribution in [3.63, 3.8) is 0 Å². The lowest BCUT2D eigenvalue weighted by Gasteiger charge is -2.27. The molecule has 0 fully saturated rings. The Morgan fingerprint density at radius 1 is 0.278 bits per heavy atom. The van der Waals surface area contributed by atoms with Crippen molar-refractivity contribution < 1.29 is 0 Å². The van der Waals surface area contributed by atoms with Gasteiger partial charge >= 0.3 is 0 Å². The maximum Gasteiger partial charge on any atom is 0.0468 e. The van der Waals surface area contributed by atoms with E-state index in [-0.39, 0.29) is 0 Å². The van der Waals surface area contributed by atoms with Gasteiger partial charge in [-0.15, -0.1) is 11.3 Å². The van der Waals surface area contributed by atoms with E-state index in [1.807, 2.05) is 11.3 Å². The van der Waals surface area contributed by atoms with Gasteiger partial charge in [-0.05, 0) is 110 Å². The molecule has 1 nitrogen and oxygen atoms in total. The van der Waals surface area contributed by atoms with Crippen molar-refractivity contribution >= 4 is 59.3 Å². The highest BCUT2D eigenvalue weighted by Crippen LogP contribution is 2.43. The summed E-state index contributed by atoms with van der Waals surface area (Å²) in [5.41, 5.74) is 13.0. The number of hydrogen-bond acceptors (Lipinski definition) is 2. The summed E-state index contributed by atoms with van der Waals surface area (Å²) in [6.07, 6.45) is 0. The van der Waals surface area contributed by atoms with Crippen molar-refractivity contribution in [3.05, 3.63) is 212 Å². The second-order valence-corrected chi connectivity index (χ2v) is 14.8. The van der Waals surface area contributed by atoms with Crippen molar-refractivity contribution in [2.45, 2.75) is 0 Å². The van der Waals surface area contributed by atoms with Gasteiger partial charge in [-0.3, -0.25) is 0 Å². The van der Waals surface area contributed by atoms with Gasteiger partial charge in [-0.2, -0.15) is 0 Å². The number of thiophene rings is 1. The molecule has 0 aliphatic rings. The Balaban J connectivity index is 1.11. The van der Waals surface area contributed by atoms with E-state index in [2.05, 4.69) is 217 Å². The molecule has 54 heavy (non-hydrogen) atoms. The molecule has 0 N–H and O–H groups in total. The fourth-order valence-corrected chi connectivity index (χ4v) is 8.95. The molecule has 0 amide bonds. The maximum atomic E-state index is 2.40. The lowest BCUT2D eigenvalue weighted by atomic mass is 9.93. The molecule has 0 unspecified atom stereocenters. The van der Waals surface area contributed by atoms with Crippen LogP contribution in [0.3, 0.4) is 0 Å². The minimum Gasteiger partial charge on any atom is -0.310 e. The molecular weight excluding hydrogens is 671 g/mol. The van der Waals surface area contributed by atoms with Crippen LogP contribution in [0.5, 0.6) is 0 Å². The summed E-state index contributed by atoms with van der Waals surface area (Å²) < 4.78 is 2.66. The van der Waals surface area contributed by atoms with Crippen molar-refractivity contribution in [2.75, 3.05) is 4.90 Å². The maximum absolute atomic E-state index is 2.40. The molecule has 0 aliphatic heterocycles. The van der Waals surface area contributed by atoms with Crippen LogP contribution in [-0.4, -0.2) is 0 Å². The lowest BCUT2D eigenvalue weighted by molar-refractivity contribution is 1.28. The zero-order chi connectivity index (χ0) is 35.8. The number of nitrogens with zero attached hydrogens (tertiary/aromatic N) is 1. The van der Waals surface area contributed by atoms with Gasteiger partial charge in [-0.1, -0.05) is 158 Å². The molecule has 1 heterocycles. The Morgan fingerprint density at radius 2 is 0.815 bits per heavy atom. The van der Waals surface area contributed by atoms with E-state index >= 15 is 0 Å². The Morgan fingerprint density at radius 3 is 1.50 bits per heavy atom. The first-order valence-corrected chi connectivity index (χ1v) is 19.2. The van der Waals surface area contributed by atoms with Crippen molar-refractivity contribution in [3.8, 4) is 44.5 Å². The summed E-state index contributed by atoms with van der Waals surface area (Å²) >= 11 is 1.87. The predicted octanol–water partition coefficient (Wildman–Crippen LogP) is 15.3. The fraction of sp³-hybridized carbons (Fsp3) is 0. The average Bonchev–Trinajstić information content (AvgIpc) is 3.61. The summed E-state index contributed by atoms with van der Waals surface area (Å²) in [6, 6.07) is 77.1. The van der Waals surface area contributed by atoms with Gasteiger partial charge in [0.15, 0.2) is 0 Å². The largest absolute Gasteiger partial charge is 0.310 e. The molecule has 0 radical (unpaired) electrons. The summed E-state index contributed by atoms with van der Waals surface area (Å²) in [5.74, 6) is 0. The molecule has 0 saturated carbocycles. The Kier molecular flexibility index (Phi) is 8.09. The summed E-state index contributed by atoms with van der Waals surface area (Å²) in [7, 11) is 0. The van der Waals surface area contributed by atoms with Gasteiger partial charge in [0.1, 0.15) is 0 Å². The van der Waals surface area contributed by atoms with E-state index in [4.69, 9.17) is 0 Å². The number of hydrogen-bond donors (Lipinski definition) is 0. The molecule has 0 aliphatic carbocycles. The summed E-state index contributed by atoms with van der Waals surface area (Å²) in [4.78, 5) is 2.38. The zero-order valence-corrected chi connectivity index (χ0v) is 30.4. The van der Waals surface area contributed by atoms with Crippen LogP contribution in [0.25, 0.3) is 75.5 Å². The van der Waals surface area contributed by atoms with Gasteiger partial charge in [0, 0.05) is 37.2 Å². The van der Waals surface area contributed by atoms with Gasteiger partial charge in [0.25, 0.3) is 0 Å². The molecule has 254 valence electrons. The lowest BCUT2D eigenvalue weighted by Crippen LogP contribution is -2.10. The number of anilines is 3. The van der Waals surface area contributed by atoms with Crippen molar-refractivity contribution in [2.24, 2.45) is 0 Å². The SMILES string of the molecule is c1ccc(-c2ccc(N(c3ccc(-c4cccc5cc6sc7ccccc7c6cc45)cc3)c3ccc(-c4ccccc4)c(-c4ccccc4)c3)cc2)cc1. The molecule has 9 aromatic carbocycles. The first kappa shape index (κ1) is 32.0. The molecule has 2 heteroatoms. The molecular formula is C52H35NS. The number of fused-ring (bicyclic) bond motifs is 4. The zero-order valence-electron chi connectivity index (χ0n) is 29.6. The summed E-state index contributed by atoms with van der Waals surface area (Å²) in [6.45, 7) is 0.